The maximum Gasteiger partial charge on any atom is 0.339 e. The quantitative estimate of drug-likeness (QED) is 0.815. The van der Waals surface area contributed by atoms with E-state index in [2.05, 4.69) is 0 Å². The fraction of sp³-hybridized carbons (Fsp3) is 0.222. The van der Waals surface area contributed by atoms with Gasteiger partial charge >= 0.3 is 5.97 Å². The summed E-state index contributed by atoms with van der Waals surface area (Å²) < 4.78 is 17.3. The highest BCUT2D eigenvalue weighted by molar-refractivity contribution is 7.85. The largest absolute Gasteiger partial charge is 0.444 e. The fourth-order valence-electron chi connectivity index (χ4n) is 2.09. The lowest BCUT2D eigenvalue weighted by Gasteiger charge is -2.15. The fourth-order valence-corrected chi connectivity index (χ4v) is 3.04. The Morgan fingerprint density at radius 3 is 2.08 bits per heavy atom. The molecule has 1 amide bonds. The Labute approximate surface area is 143 Å². The molecule has 2 aromatic rings. The Bertz CT molecular complexity index is 741. The van der Waals surface area contributed by atoms with Crippen LogP contribution in [0.4, 0.5) is 0 Å². The van der Waals surface area contributed by atoms with Crippen molar-refractivity contribution in [3.05, 3.63) is 65.7 Å². The van der Waals surface area contributed by atoms with Crippen molar-refractivity contribution < 1.29 is 18.5 Å². The first-order valence-corrected chi connectivity index (χ1v) is 8.67. The molecule has 0 aliphatic heterocycles. The van der Waals surface area contributed by atoms with E-state index in [4.69, 9.17) is 10.5 Å². The molecule has 0 unspecified atom stereocenters. The minimum Gasteiger partial charge on any atom is -0.444 e. The molecule has 0 fully saturated rings. The normalized spacial score (nSPS) is 13.3. The average Bonchev–Trinajstić information content (AvgIpc) is 2.59. The number of esters is 1. The van der Waals surface area contributed by atoms with Gasteiger partial charge in [0.25, 0.3) is 5.91 Å². The molecule has 0 saturated heterocycles. The van der Waals surface area contributed by atoms with Crippen molar-refractivity contribution in [1.82, 2.24) is 0 Å². The predicted molar refractivity (Wildman–Crippen MR) is 91.8 cm³/mol. The van der Waals surface area contributed by atoms with Gasteiger partial charge in [0, 0.05) is 15.7 Å². The highest BCUT2D eigenvalue weighted by Crippen LogP contribution is 2.20. The van der Waals surface area contributed by atoms with Gasteiger partial charge in [0.2, 0.25) is 6.10 Å². The minimum atomic E-state index is -1.15. The first kappa shape index (κ1) is 17.9. The van der Waals surface area contributed by atoms with Gasteiger partial charge in [0.05, 0.1) is 16.4 Å². The number of carbonyl (C=O) groups excluding carboxylic acids is 2. The van der Waals surface area contributed by atoms with Crippen molar-refractivity contribution in [1.29, 1.82) is 0 Å². The molecule has 126 valence electrons. The van der Waals surface area contributed by atoms with E-state index in [-0.39, 0.29) is 10.8 Å². The van der Waals surface area contributed by atoms with Crippen LogP contribution in [0.5, 0.6) is 0 Å². The Morgan fingerprint density at radius 1 is 1.00 bits per heavy atom. The van der Waals surface area contributed by atoms with Crippen LogP contribution in [-0.2, 0) is 20.3 Å². The first-order valence-electron chi connectivity index (χ1n) is 7.46. The Morgan fingerprint density at radius 2 is 1.58 bits per heavy atom. The van der Waals surface area contributed by atoms with Gasteiger partial charge in [0.15, 0.2) is 0 Å². The van der Waals surface area contributed by atoms with Gasteiger partial charge in [0.1, 0.15) is 0 Å². The third-order valence-corrected chi connectivity index (χ3v) is 4.93. The summed E-state index contributed by atoms with van der Waals surface area (Å²) in [6, 6.07) is 14.9. The smallest absolute Gasteiger partial charge is 0.339 e. The molecule has 2 aromatic carbocycles. The Kier molecular flexibility index (Phi) is 5.87. The van der Waals surface area contributed by atoms with Crippen LogP contribution in [0.15, 0.2) is 59.5 Å². The molecule has 5 nitrogen and oxygen atoms in total. The second kappa shape index (κ2) is 7.88. The van der Waals surface area contributed by atoms with Crippen molar-refractivity contribution in [2.75, 3.05) is 0 Å². The molecule has 0 spiro atoms. The van der Waals surface area contributed by atoms with Gasteiger partial charge in [-0.3, -0.25) is 9.00 Å². The molecule has 2 rings (SSSR count). The van der Waals surface area contributed by atoms with Crippen LogP contribution in [0.1, 0.15) is 35.9 Å². The van der Waals surface area contributed by atoms with Crippen molar-refractivity contribution in [2.24, 2.45) is 5.73 Å². The summed E-state index contributed by atoms with van der Waals surface area (Å²) in [6.45, 7) is 3.71. The molecule has 0 saturated carbocycles. The van der Waals surface area contributed by atoms with Crippen molar-refractivity contribution >= 4 is 22.7 Å². The standard InChI is InChI=1S/C18H19NO4S/c1-12(2)24(22)15-10-8-14(9-11-15)18(21)23-16(17(19)20)13-6-4-3-5-7-13/h3-12,16H,1-2H3,(H2,19,20)/t16-,24+/m0/s1. The average molecular weight is 345 g/mol. The molecule has 6 heteroatoms. The number of rotatable bonds is 6. The van der Waals surface area contributed by atoms with Crippen LogP contribution in [0.25, 0.3) is 0 Å². The van der Waals surface area contributed by atoms with Gasteiger partial charge in [-0.05, 0) is 24.3 Å². The summed E-state index contributed by atoms with van der Waals surface area (Å²) in [5.74, 6) is -1.41. The Balaban J connectivity index is 2.16. The van der Waals surface area contributed by atoms with Crippen LogP contribution in [0.3, 0.4) is 0 Å². The summed E-state index contributed by atoms with van der Waals surface area (Å²) in [5.41, 5.74) is 6.11. The second-order valence-corrected chi connectivity index (χ2v) is 7.48. The summed E-state index contributed by atoms with van der Waals surface area (Å²) in [5, 5.41) is -0.0138. The zero-order valence-corrected chi connectivity index (χ0v) is 14.3. The number of amides is 1. The first-order chi connectivity index (χ1) is 11.4. The van der Waals surface area contributed by atoms with Gasteiger partial charge in [-0.1, -0.05) is 44.2 Å². The predicted octanol–water partition coefficient (Wildman–Crippen LogP) is 2.59. The summed E-state index contributed by atoms with van der Waals surface area (Å²) in [7, 11) is -1.13. The topological polar surface area (TPSA) is 86.5 Å². The van der Waals surface area contributed by atoms with Crippen molar-refractivity contribution in [3.8, 4) is 0 Å². The number of nitrogens with two attached hydrogens (primary N) is 1. The van der Waals surface area contributed by atoms with E-state index >= 15 is 0 Å². The van der Waals surface area contributed by atoms with E-state index in [1.54, 1.807) is 42.5 Å². The molecule has 24 heavy (non-hydrogen) atoms. The van der Waals surface area contributed by atoms with Gasteiger partial charge in [-0.15, -0.1) is 0 Å². The van der Waals surface area contributed by atoms with Crippen LogP contribution >= 0.6 is 0 Å². The van der Waals surface area contributed by atoms with Crippen LogP contribution in [0.2, 0.25) is 0 Å². The van der Waals surface area contributed by atoms with Gasteiger partial charge in [-0.2, -0.15) is 0 Å². The lowest BCUT2D eigenvalue weighted by atomic mass is 10.1. The molecule has 0 radical (unpaired) electrons. The number of carbonyl (C=O) groups is 2. The minimum absolute atomic E-state index is 0.0138. The second-order valence-electron chi connectivity index (χ2n) is 5.47. The molecule has 0 bridgehead atoms. The molecular weight excluding hydrogens is 326 g/mol. The molecular formula is C18H19NO4S. The highest BCUT2D eigenvalue weighted by atomic mass is 32.2. The molecule has 2 N–H and O–H groups in total. The molecule has 2 atom stereocenters. The monoisotopic (exact) mass is 345 g/mol. The molecule has 0 heterocycles. The zero-order chi connectivity index (χ0) is 17.7. The lowest BCUT2D eigenvalue weighted by Crippen LogP contribution is -2.26. The van der Waals surface area contributed by atoms with Crippen molar-refractivity contribution in [3.63, 3.8) is 0 Å². The summed E-state index contributed by atoms with van der Waals surface area (Å²) in [4.78, 5) is 24.5. The van der Waals surface area contributed by atoms with E-state index in [0.717, 1.165) is 0 Å². The third kappa shape index (κ3) is 4.29. The molecule has 0 aliphatic carbocycles. The maximum atomic E-state index is 12.2. The van der Waals surface area contributed by atoms with Crippen LogP contribution in [-0.4, -0.2) is 21.3 Å². The number of primary amides is 1. The van der Waals surface area contributed by atoms with E-state index < -0.39 is 28.8 Å². The number of hydrogen-bond acceptors (Lipinski definition) is 4. The third-order valence-electron chi connectivity index (χ3n) is 3.34. The number of ether oxygens (including phenoxy) is 1. The molecule has 0 aliphatic rings. The summed E-state index contributed by atoms with van der Waals surface area (Å²) >= 11 is 0. The maximum absolute atomic E-state index is 12.2. The Hall–Kier alpha value is -2.47. The van der Waals surface area contributed by atoms with E-state index in [9.17, 15) is 13.8 Å². The van der Waals surface area contributed by atoms with Crippen molar-refractivity contribution in [2.45, 2.75) is 30.1 Å². The van der Waals surface area contributed by atoms with E-state index in [1.807, 2.05) is 13.8 Å². The van der Waals surface area contributed by atoms with Crippen LogP contribution < -0.4 is 5.73 Å². The lowest BCUT2D eigenvalue weighted by molar-refractivity contribution is -0.127. The highest BCUT2D eigenvalue weighted by Gasteiger charge is 2.23. The van der Waals surface area contributed by atoms with E-state index in [0.29, 0.717) is 10.5 Å². The van der Waals surface area contributed by atoms with Gasteiger partial charge in [-0.25, -0.2) is 4.79 Å². The number of hydrogen-bond donors (Lipinski definition) is 1. The SMILES string of the molecule is CC(C)[S@@](=O)c1ccc(C(=O)O[C@H](C(N)=O)c2ccccc2)cc1. The van der Waals surface area contributed by atoms with E-state index in [1.165, 1.54) is 12.1 Å². The molecule has 0 aromatic heterocycles. The zero-order valence-electron chi connectivity index (χ0n) is 13.5. The summed E-state index contributed by atoms with van der Waals surface area (Å²) in [6.07, 6.45) is -1.15. The van der Waals surface area contributed by atoms with Crippen LogP contribution in [0, 0.1) is 0 Å². The number of benzene rings is 2. The van der Waals surface area contributed by atoms with Gasteiger partial charge < -0.3 is 10.5 Å².